The first-order chi connectivity index (χ1) is 10.0. The van der Waals surface area contributed by atoms with E-state index in [0.717, 1.165) is 31.9 Å². The fourth-order valence-corrected chi connectivity index (χ4v) is 2.68. The van der Waals surface area contributed by atoms with Gasteiger partial charge in [-0.3, -0.25) is 9.78 Å². The molecule has 2 heterocycles. The monoisotopic (exact) mass is 289 g/mol. The first kappa shape index (κ1) is 13.7. The van der Waals surface area contributed by atoms with Gasteiger partial charge in [0.1, 0.15) is 0 Å². The number of carbonyl (C=O) groups excluding carboxylic acids is 1. The van der Waals surface area contributed by atoms with Crippen LogP contribution in [-0.2, 0) is 4.79 Å². The maximum absolute atomic E-state index is 12.0. The molecule has 0 aliphatic carbocycles. The molecule has 1 saturated heterocycles. The summed E-state index contributed by atoms with van der Waals surface area (Å²) in [6, 6.07) is 5.68. The zero-order valence-corrected chi connectivity index (χ0v) is 12.3. The van der Waals surface area contributed by atoms with Gasteiger partial charge in [-0.05, 0) is 12.1 Å². The van der Waals surface area contributed by atoms with Gasteiger partial charge in [0.05, 0.1) is 5.52 Å². The van der Waals surface area contributed by atoms with Gasteiger partial charge in [0.15, 0.2) is 5.58 Å². The van der Waals surface area contributed by atoms with Crippen molar-refractivity contribution in [2.24, 2.45) is 5.92 Å². The third-order valence-corrected chi connectivity index (χ3v) is 3.85. The molecule has 3 rings (SSSR count). The third kappa shape index (κ3) is 2.66. The highest BCUT2D eigenvalue weighted by molar-refractivity contribution is 5.79. The van der Waals surface area contributed by atoms with Crippen molar-refractivity contribution in [1.29, 1.82) is 0 Å². The van der Waals surface area contributed by atoms with E-state index < -0.39 is 5.76 Å². The number of aromatic nitrogens is 1. The zero-order chi connectivity index (χ0) is 15.0. The number of piperazine rings is 1. The predicted molar refractivity (Wildman–Crippen MR) is 80.5 cm³/mol. The van der Waals surface area contributed by atoms with Crippen molar-refractivity contribution >= 4 is 22.7 Å². The van der Waals surface area contributed by atoms with Crippen LogP contribution in [0.2, 0.25) is 0 Å². The van der Waals surface area contributed by atoms with Gasteiger partial charge >= 0.3 is 5.76 Å². The van der Waals surface area contributed by atoms with Gasteiger partial charge in [-0.2, -0.15) is 0 Å². The van der Waals surface area contributed by atoms with E-state index in [4.69, 9.17) is 4.42 Å². The highest BCUT2D eigenvalue weighted by Crippen LogP contribution is 2.21. The summed E-state index contributed by atoms with van der Waals surface area (Å²) in [5.74, 6) is -0.182. The van der Waals surface area contributed by atoms with E-state index in [0.29, 0.717) is 11.1 Å². The smallest absolute Gasteiger partial charge is 0.408 e. The Bertz CT molecular complexity index is 708. The van der Waals surface area contributed by atoms with Crippen molar-refractivity contribution in [3.05, 3.63) is 28.7 Å². The standard InChI is InChI=1S/C15H19N3O3/c1-10(2)14(19)18-7-5-17(6-8-18)11-3-4-12-13(9-11)21-15(20)16-12/h3-4,9-10H,5-8H2,1-2H3,(H,16,20). The second-order valence-corrected chi connectivity index (χ2v) is 5.66. The highest BCUT2D eigenvalue weighted by Gasteiger charge is 2.23. The number of hydrogen-bond donors (Lipinski definition) is 1. The molecule has 0 saturated carbocycles. The quantitative estimate of drug-likeness (QED) is 0.908. The number of rotatable bonds is 2. The summed E-state index contributed by atoms with van der Waals surface area (Å²) in [6.45, 7) is 6.89. The fourth-order valence-electron chi connectivity index (χ4n) is 2.68. The van der Waals surface area contributed by atoms with Crippen LogP contribution in [0.3, 0.4) is 0 Å². The molecule has 1 aromatic heterocycles. The van der Waals surface area contributed by atoms with Crippen LogP contribution in [0.5, 0.6) is 0 Å². The Balaban J connectivity index is 1.73. The summed E-state index contributed by atoms with van der Waals surface area (Å²) in [5, 5.41) is 0. The molecule has 112 valence electrons. The van der Waals surface area contributed by atoms with Gasteiger partial charge in [0.25, 0.3) is 0 Å². The number of benzene rings is 1. The summed E-state index contributed by atoms with van der Waals surface area (Å²) in [6.07, 6.45) is 0. The van der Waals surface area contributed by atoms with E-state index in [2.05, 4.69) is 9.88 Å². The highest BCUT2D eigenvalue weighted by atomic mass is 16.4. The number of H-pyrrole nitrogens is 1. The van der Waals surface area contributed by atoms with Gasteiger partial charge in [-0.25, -0.2) is 4.79 Å². The Morgan fingerprint density at radius 1 is 1.24 bits per heavy atom. The van der Waals surface area contributed by atoms with E-state index in [1.165, 1.54) is 0 Å². The van der Waals surface area contributed by atoms with E-state index in [9.17, 15) is 9.59 Å². The molecule has 0 unspecified atom stereocenters. The molecule has 1 N–H and O–H groups in total. The summed E-state index contributed by atoms with van der Waals surface area (Å²) < 4.78 is 5.09. The molecule has 0 bridgehead atoms. The molecule has 1 aliphatic rings. The lowest BCUT2D eigenvalue weighted by Gasteiger charge is -2.36. The van der Waals surface area contributed by atoms with Crippen LogP contribution >= 0.6 is 0 Å². The molecule has 6 nitrogen and oxygen atoms in total. The minimum absolute atomic E-state index is 0.0435. The van der Waals surface area contributed by atoms with Crippen molar-refractivity contribution in [2.45, 2.75) is 13.8 Å². The van der Waals surface area contributed by atoms with Gasteiger partial charge in [-0.15, -0.1) is 0 Å². The molecule has 1 amide bonds. The Hall–Kier alpha value is -2.24. The maximum atomic E-state index is 12.0. The molecule has 1 fully saturated rings. The Morgan fingerprint density at radius 3 is 2.62 bits per heavy atom. The first-order valence-electron chi connectivity index (χ1n) is 7.21. The van der Waals surface area contributed by atoms with E-state index >= 15 is 0 Å². The predicted octanol–water partition coefficient (Wildman–Crippen LogP) is 1.43. The minimum atomic E-state index is -0.436. The van der Waals surface area contributed by atoms with Crippen molar-refractivity contribution in [3.63, 3.8) is 0 Å². The second-order valence-electron chi connectivity index (χ2n) is 5.66. The molecule has 21 heavy (non-hydrogen) atoms. The number of fused-ring (bicyclic) bond motifs is 1. The van der Waals surface area contributed by atoms with E-state index in [1.54, 1.807) is 0 Å². The molecular formula is C15H19N3O3. The summed E-state index contributed by atoms with van der Waals surface area (Å²) in [4.78, 5) is 29.9. The van der Waals surface area contributed by atoms with Crippen LogP contribution < -0.4 is 10.7 Å². The number of oxazole rings is 1. The molecule has 2 aromatic rings. The number of aromatic amines is 1. The second kappa shape index (κ2) is 5.27. The topological polar surface area (TPSA) is 69.6 Å². The van der Waals surface area contributed by atoms with E-state index in [1.807, 2.05) is 36.9 Å². The van der Waals surface area contributed by atoms with Crippen molar-refractivity contribution < 1.29 is 9.21 Å². The molecule has 0 radical (unpaired) electrons. The average molecular weight is 289 g/mol. The van der Waals surface area contributed by atoms with Gasteiger partial charge in [0, 0.05) is 43.9 Å². The summed E-state index contributed by atoms with van der Waals surface area (Å²) >= 11 is 0. The molecule has 1 aliphatic heterocycles. The van der Waals surface area contributed by atoms with Crippen molar-refractivity contribution in [1.82, 2.24) is 9.88 Å². The fraction of sp³-hybridized carbons (Fsp3) is 0.467. The van der Waals surface area contributed by atoms with Gasteiger partial charge in [0.2, 0.25) is 5.91 Å². The van der Waals surface area contributed by atoms with Crippen LogP contribution in [-0.4, -0.2) is 42.0 Å². The van der Waals surface area contributed by atoms with Crippen molar-refractivity contribution in [2.75, 3.05) is 31.1 Å². The zero-order valence-electron chi connectivity index (χ0n) is 12.3. The molecule has 0 atom stereocenters. The number of carbonyl (C=O) groups is 1. The number of nitrogens with one attached hydrogen (secondary N) is 1. The average Bonchev–Trinajstić information content (AvgIpc) is 2.85. The van der Waals surface area contributed by atoms with Gasteiger partial charge < -0.3 is 14.2 Å². The van der Waals surface area contributed by atoms with Crippen LogP contribution in [0.4, 0.5) is 5.69 Å². The number of hydrogen-bond acceptors (Lipinski definition) is 4. The van der Waals surface area contributed by atoms with Crippen LogP contribution in [0.25, 0.3) is 11.1 Å². The molecule has 6 heteroatoms. The Kier molecular flexibility index (Phi) is 3.45. The number of anilines is 1. The minimum Gasteiger partial charge on any atom is -0.408 e. The number of amides is 1. The normalized spacial score (nSPS) is 16.0. The van der Waals surface area contributed by atoms with Gasteiger partial charge in [-0.1, -0.05) is 13.8 Å². The molecule has 0 spiro atoms. The Morgan fingerprint density at radius 2 is 1.95 bits per heavy atom. The van der Waals surface area contributed by atoms with Crippen molar-refractivity contribution in [3.8, 4) is 0 Å². The molecular weight excluding hydrogens is 270 g/mol. The first-order valence-corrected chi connectivity index (χ1v) is 7.21. The van der Waals surface area contributed by atoms with Crippen LogP contribution in [0, 0.1) is 5.92 Å². The van der Waals surface area contributed by atoms with Crippen LogP contribution in [0.15, 0.2) is 27.4 Å². The summed E-state index contributed by atoms with van der Waals surface area (Å²) in [5.41, 5.74) is 2.29. The third-order valence-electron chi connectivity index (χ3n) is 3.85. The van der Waals surface area contributed by atoms with E-state index in [-0.39, 0.29) is 11.8 Å². The largest absolute Gasteiger partial charge is 0.417 e. The number of nitrogens with zero attached hydrogens (tertiary/aromatic N) is 2. The van der Waals surface area contributed by atoms with Crippen LogP contribution in [0.1, 0.15) is 13.8 Å². The lowest BCUT2D eigenvalue weighted by Crippen LogP contribution is -2.49. The lowest BCUT2D eigenvalue weighted by atomic mass is 10.1. The summed E-state index contributed by atoms with van der Waals surface area (Å²) in [7, 11) is 0. The SMILES string of the molecule is CC(C)C(=O)N1CCN(c2ccc3[nH]c(=O)oc3c2)CC1. The lowest BCUT2D eigenvalue weighted by molar-refractivity contribution is -0.134. The maximum Gasteiger partial charge on any atom is 0.417 e. The molecule has 1 aromatic carbocycles. The Labute approximate surface area is 122 Å².